The van der Waals surface area contributed by atoms with E-state index in [4.69, 9.17) is 0 Å². The number of nitrogens with one attached hydrogen (secondary N) is 2. The van der Waals surface area contributed by atoms with Crippen molar-refractivity contribution in [3.05, 3.63) is 57.9 Å². The van der Waals surface area contributed by atoms with Crippen molar-refractivity contribution in [1.82, 2.24) is 15.6 Å². The lowest BCUT2D eigenvalue weighted by molar-refractivity contribution is 0.0950. The van der Waals surface area contributed by atoms with E-state index in [2.05, 4.69) is 15.6 Å². The van der Waals surface area contributed by atoms with Crippen molar-refractivity contribution in [1.29, 1.82) is 0 Å². The second-order valence-electron chi connectivity index (χ2n) is 5.94. The van der Waals surface area contributed by atoms with Crippen molar-refractivity contribution in [2.24, 2.45) is 0 Å². The summed E-state index contributed by atoms with van der Waals surface area (Å²) < 4.78 is 0. The minimum absolute atomic E-state index is 0.138. The summed E-state index contributed by atoms with van der Waals surface area (Å²) >= 11 is 0. The summed E-state index contributed by atoms with van der Waals surface area (Å²) in [5, 5.41) is 16.0. The van der Waals surface area contributed by atoms with Gasteiger partial charge in [-0.3, -0.25) is 9.78 Å². The van der Waals surface area contributed by atoms with E-state index >= 15 is 0 Å². The van der Waals surface area contributed by atoms with Crippen LogP contribution in [0.15, 0.2) is 24.4 Å². The van der Waals surface area contributed by atoms with Gasteiger partial charge in [0.15, 0.2) is 0 Å². The van der Waals surface area contributed by atoms with Crippen molar-refractivity contribution in [2.75, 3.05) is 6.54 Å². The third-order valence-corrected chi connectivity index (χ3v) is 4.37. The first-order valence-corrected chi connectivity index (χ1v) is 7.81. The zero-order chi connectivity index (χ0) is 16.4. The number of aromatic nitrogens is 1. The molecule has 0 aliphatic carbocycles. The fourth-order valence-electron chi connectivity index (χ4n) is 2.90. The van der Waals surface area contributed by atoms with Crippen molar-refractivity contribution in [2.45, 2.75) is 33.4 Å². The first-order valence-electron chi connectivity index (χ1n) is 7.81. The second-order valence-corrected chi connectivity index (χ2v) is 5.94. The number of pyridine rings is 1. The molecule has 5 nitrogen and oxygen atoms in total. The number of phenols is 1. The van der Waals surface area contributed by atoms with E-state index in [9.17, 15) is 9.90 Å². The Balaban J connectivity index is 1.78. The number of phenolic OH excluding ortho intramolecular Hbond substituents is 1. The summed E-state index contributed by atoms with van der Waals surface area (Å²) in [4.78, 5) is 16.7. The first kappa shape index (κ1) is 15.5. The van der Waals surface area contributed by atoms with E-state index in [1.807, 2.05) is 13.1 Å². The van der Waals surface area contributed by atoms with Gasteiger partial charge in [-0.15, -0.1) is 0 Å². The number of aryl methyl sites for hydroxylation is 2. The standard InChI is InChI=1S/C18H21N3O2/c1-11-3-4-13(7-17(11)22)18(23)21-10-16-12(2)20-9-14-8-19-6-5-15(14)16/h3-4,7,9,19,22H,5-6,8,10H2,1-2H3,(H,21,23). The maximum Gasteiger partial charge on any atom is 0.251 e. The molecule has 1 aliphatic rings. The van der Waals surface area contributed by atoms with Crippen LogP contribution < -0.4 is 10.6 Å². The smallest absolute Gasteiger partial charge is 0.251 e. The molecule has 120 valence electrons. The molecule has 1 aromatic carbocycles. The highest BCUT2D eigenvalue weighted by molar-refractivity contribution is 5.94. The van der Waals surface area contributed by atoms with E-state index in [-0.39, 0.29) is 11.7 Å². The van der Waals surface area contributed by atoms with Crippen LogP contribution in [0.3, 0.4) is 0 Å². The monoisotopic (exact) mass is 311 g/mol. The lowest BCUT2D eigenvalue weighted by atomic mass is 9.96. The van der Waals surface area contributed by atoms with Crippen molar-refractivity contribution in [3.63, 3.8) is 0 Å². The number of aromatic hydroxyl groups is 1. The van der Waals surface area contributed by atoms with E-state index in [0.29, 0.717) is 12.1 Å². The van der Waals surface area contributed by atoms with Gasteiger partial charge >= 0.3 is 0 Å². The molecule has 2 heterocycles. The van der Waals surface area contributed by atoms with Gasteiger partial charge in [-0.05, 0) is 61.2 Å². The molecule has 0 bridgehead atoms. The SMILES string of the molecule is Cc1ccc(C(=O)NCc2c(C)ncc3c2CCNC3)cc1O. The molecular formula is C18H21N3O2. The quantitative estimate of drug-likeness (QED) is 0.810. The van der Waals surface area contributed by atoms with Crippen LogP contribution >= 0.6 is 0 Å². The number of rotatable bonds is 3. The average Bonchev–Trinajstić information content (AvgIpc) is 2.56. The predicted octanol–water partition coefficient (Wildman–Crippen LogP) is 1.98. The molecular weight excluding hydrogens is 290 g/mol. The van der Waals surface area contributed by atoms with E-state index in [1.165, 1.54) is 17.2 Å². The Kier molecular flexibility index (Phi) is 4.30. The number of hydrogen-bond acceptors (Lipinski definition) is 4. The van der Waals surface area contributed by atoms with Crippen LogP contribution in [0.2, 0.25) is 0 Å². The number of fused-ring (bicyclic) bond motifs is 1. The van der Waals surface area contributed by atoms with E-state index in [1.54, 1.807) is 19.1 Å². The lowest BCUT2D eigenvalue weighted by Gasteiger charge is -2.21. The molecule has 0 unspecified atom stereocenters. The van der Waals surface area contributed by atoms with Gasteiger partial charge in [0.1, 0.15) is 5.75 Å². The molecule has 0 spiro atoms. The number of amides is 1. The highest BCUT2D eigenvalue weighted by Crippen LogP contribution is 2.21. The van der Waals surface area contributed by atoms with Crippen molar-refractivity contribution < 1.29 is 9.90 Å². The van der Waals surface area contributed by atoms with Crippen molar-refractivity contribution in [3.8, 4) is 5.75 Å². The highest BCUT2D eigenvalue weighted by Gasteiger charge is 2.16. The molecule has 0 saturated carbocycles. The first-order chi connectivity index (χ1) is 11.1. The Morgan fingerprint density at radius 2 is 2.22 bits per heavy atom. The summed E-state index contributed by atoms with van der Waals surface area (Å²) in [6.45, 7) is 6.01. The molecule has 2 aromatic rings. The molecule has 1 aliphatic heterocycles. The van der Waals surface area contributed by atoms with Crippen LogP contribution in [0.25, 0.3) is 0 Å². The highest BCUT2D eigenvalue weighted by atomic mass is 16.3. The Labute approximate surface area is 135 Å². The maximum absolute atomic E-state index is 12.3. The molecule has 0 saturated heterocycles. The zero-order valence-electron chi connectivity index (χ0n) is 13.4. The molecule has 23 heavy (non-hydrogen) atoms. The van der Waals surface area contributed by atoms with E-state index in [0.717, 1.165) is 36.3 Å². The molecule has 0 fully saturated rings. The van der Waals surface area contributed by atoms with E-state index < -0.39 is 0 Å². The Morgan fingerprint density at radius 3 is 3.00 bits per heavy atom. The molecule has 0 atom stereocenters. The Morgan fingerprint density at radius 1 is 1.39 bits per heavy atom. The Hall–Kier alpha value is -2.40. The van der Waals surface area contributed by atoms with Gasteiger partial charge in [-0.2, -0.15) is 0 Å². The molecule has 0 radical (unpaired) electrons. The topological polar surface area (TPSA) is 74.2 Å². The summed E-state index contributed by atoms with van der Waals surface area (Å²) in [5.74, 6) is -0.0510. The van der Waals surface area contributed by atoms with Gasteiger partial charge in [0.2, 0.25) is 0 Å². The molecule has 5 heteroatoms. The molecule has 3 rings (SSSR count). The van der Waals surface area contributed by atoms with Gasteiger partial charge < -0.3 is 15.7 Å². The molecule has 1 amide bonds. The average molecular weight is 311 g/mol. The summed E-state index contributed by atoms with van der Waals surface area (Å²) in [5.41, 5.74) is 5.78. The van der Waals surface area contributed by atoms with Crippen LogP contribution in [0.5, 0.6) is 5.75 Å². The fraction of sp³-hybridized carbons (Fsp3) is 0.333. The van der Waals surface area contributed by atoms with Gasteiger partial charge in [-0.1, -0.05) is 6.07 Å². The zero-order valence-corrected chi connectivity index (χ0v) is 13.4. The van der Waals surface area contributed by atoms with Gasteiger partial charge in [0.25, 0.3) is 5.91 Å². The minimum Gasteiger partial charge on any atom is -0.508 e. The molecule has 1 aromatic heterocycles. The maximum atomic E-state index is 12.3. The van der Waals surface area contributed by atoms with Crippen LogP contribution in [-0.4, -0.2) is 22.5 Å². The van der Waals surface area contributed by atoms with Gasteiger partial charge in [0.05, 0.1) is 0 Å². The van der Waals surface area contributed by atoms with Gasteiger partial charge in [-0.25, -0.2) is 0 Å². The van der Waals surface area contributed by atoms with Crippen LogP contribution in [0.1, 0.15) is 38.3 Å². The number of hydrogen-bond donors (Lipinski definition) is 3. The molecule has 3 N–H and O–H groups in total. The van der Waals surface area contributed by atoms with Crippen molar-refractivity contribution >= 4 is 5.91 Å². The minimum atomic E-state index is -0.189. The predicted molar refractivity (Wildman–Crippen MR) is 88.4 cm³/mol. The lowest BCUT2D eigenvalue weighted by Crippen LogP contribution is -2.28. The van der Waals surface area contributed by atoms with Crippen LogP contribution in [0.4, 0.5) is 0 Å². The summed E-state index contributed by atoms with van der Waals surface area (Å²) in [7, 11) is 0. The number of benzene rings is 1. The van der Waals surface area contributed by atoms with Crippen LogP contribution in [-0.2, 0) is 19.5 Å². The number of carbonyl (C=O) groups is 1. The van der Waals surface area contributed by atoms with Gasteiger partial charge in [0, 0.05) is 30.5 Å². The Bertz CT molecular complexity index is 756. The summed E-state index contributed by atoms with van der Waals surface area (Å²) in [6.07, 6.45) is 2.87. The third-order valence-electron chi connectivity index (χ3n) is 4.37. The largest absolute Gasteiger partial charge is 0.508 e. The number of carbonyl (C=O) groups excluding carboxylic acids is 1. The normalized spacial score (nSPS) is 13.5. The second kappa shape index (κ2) is 6.38. The van der Waals surface area contributed by atoms with Crippen LogP contribution in [0, 0.1) is 13.8 Å². The number of nitrogens with zero attached hydrogens (tertiary/aromatic N) is 1. The fourth-order valence-corrected chi connectivity index (χ4v) is 2.90. The summed E-state index contributed by atoms with van der Waals surface area (Å²) in [6, 6.07) is 4.97. The third kappa shape index (κ3) is 3.19.